The molecule has 2 aliphatic rings. The number of unbranched alkanes of at least 4 members (excludes halogenated alkanes) is 13. The van der Waals surface area contributed by atoms with Crippen LogP contribution in [-0.2, 0) is 0 Å². The molecule has 33 heavy (non-hydrogen) atoms. The van der Waals surface area contributed by atoms with Gasteiger partial charge in [-0.05, 0) is 31.5 Å². The second-order valence-electron chi connectivity index (χ2n) is 9.74. The van der Waals surface area contributed by atoms with Crippen molar-refractivity contribution in [2.75, 3.05) is 19.6 Å². The minimum Gasteiger partial charge on any atom is -1.00 e. The van der Waals surface area contributed by atoms with Crippen LogP contribution in [0, 0.1) is 0 Å². The SMILES string of the molecule is CCCCCCCCCCCCCCCC[N+]1=C2SC(C)=C(c3ccccc3)N2CCC1.[Br-]. The standard InChI is InChI=1S/C29H47N2S.BrH/c1-3-4-5-6-7-8-9-10-11-12-13-14-15-19-23-30-24-20-25-31-28(26(2)32-29(30)31)27-21-17-16-18-22-27;/h16-18,21-22H,3-15,19-20,23-25H2,1-2H3;1H/q+1;/p-1. The molecule has 0 unspecified atom stereocenters. The number of allylic oxidation sites excluding steroid dienone is 1. The summed E-state index contributed by atoms with van der Waals surface area (Å²) >= 11 is 2.00. The fraction of sp³-hybridized carbons (Fsp3) is 0.690. The van der Waals surface area contributed by atoms with Crippen LogP contribution in [0.15, 0.2) is 35.2 Å². The Morgan fingerprint density at radius 2 is 1.33 bits per heavy atom. The molecule has 0 N–H and O–H groups in total. The van der Waals surface area contributed by atoms with Crippen molar-refractivity contribution in [1.29, 1.82) is 0 Å². The third-order valence-corrected chi connectivity index (χ3v) is 8.15. The first-order valence-electron chi connectivity index (χ1n) is 13.6. The summed E-state index contributed by atoms with van der Waals surface area (Å²) in [6.45, 7) is 8.22. The molecule has 186 valence electrons. The van der Waals surface area contributed by atoms with Crippen molar-refractivity contribution < 1.29 is 21.6 Å². The van der Waals surface area contributed by atoms with Crippen molar-refractivity contribution in [3.8, 4) is 0 Å². The molecule has 0 bridgehead atoms. The van der Waals surface area contributed by atoms with E-state index in [0.29, 0.717) is 0 Å². The Labute approximate surface area is 219 Å². The van der Waals surface area contributed by atoms with Crippen LogP contribution in [0.2, 0.25) is 0 Å². The van der Waals surface area contributed by atoms with Crippen molar-refractivity contribution in [3.63, 3.8) is 0 Å². The van der Waals surface area contributed by atoms with Gasteiger partial charge in [0.1, 0.15) is 5.70 Å². The van der Waals surface area contributed by atoms with E-state index in [4.69, 9.17) is 0 Å². The molecule has 0 spiro atoms. The summed E-state index contributed by atoms with van der Waals surface area (Å²) < 4.78 is 2.66. The van der Waals surface area contributed by atoms with Crippen LogP contribution < -0.4 is 17.0 Å². The van der Waals surface area contributed by atoms with Crippen molar-refractivity contribution in [2.45, 2.75) is 110 Å². The zero-order chi connectivity index (χ0) is 22.4. The molecular formula is C29H47BrN2S. The van der Waals surface area contributed by atoms with Gasteiger partial charge in [0.15, 0.2) is 0 Å². The number of benzene rings is 1. The van der Waals surface area contributed by atoms with Crippen LogP contribution >= 0.6 is 11.8 Å². The maximum absolute atomic E-state index is 2.66. The lowest BCUT2D eigenvalue weighted by atomic mass is 10.0. The van der Waals surface area contributed by atoms with Gasteiger partial charge in [-0.3, -0.25) is 4.58 Å². The smallest absolute Gasteiger partial charge is 0.318 e. The highest BCUT2D eigenvalue weighted by Crippen LogP contribution is 2.40. The summed E-state index contributed by atoms with van der Waals surface area (Å²) in [4.78, 5) is 4.04. The molecule has 0 saturated heterocycles. The highest BCUT2D eigenvalue weighted by Gasteiger charge is 2.39. The molecule has 2 heterocycles. The van der Waals surface area contributed by atoms with Gasteiger partial charge in [-0.2, -0.15) is 0 Å². The molecule has 0 fully saturated rings. The lowest BCUT2D eigenvalue weighted by Gasteiger charge is -2.23. The number of thioether (sulfide) groups is 1. The van der Waals surface area contributed by atoms with Crippen molar-refractivity contribution in [1.82, 2.24) is 4.90 Å². The molecule has 1 aromatic rings. The average Bonchev–Trinajstić information content (AvgIpc) is 3.16. The Kier molecular flexibility index (Phi) is 14.5. The number of halogens is 1. The Morgan fingerprint density at radius 1 is 0.788 bits per heavy atom. The molecule has 0 atom stereocenters. The van der Waals surface area contributed by atoms with E-state index in [0.717, 1.165) is 0 Å². The zero-order valence-corrected chi connectivity index (χ0v) is 23.7. The van der Waals surface area contributed by atoms with Gasteiger partial charge in [0.25, 0.3) is 0 Å². The summed E-state index contributed by atoms with van der Waals surface area (Å²) in [7, 11) is 0. The van der Waals surface area contributed by atoms with Gasteiger partial charge < -0.3 is 17.0 Å². The zero-order valence-electron chi connectivity index (χ0n) is 21.3. The first kappa shape index (κ1) is 28.5. The fourth-order valence-corrected chi connectivity index (χ4v) is 6.35. The van der Waals surface area contributed by atoms with Crippen molar-refractivity contribution >= 4 is 22.6 Å². The Morgan fingerprint density at radius 3 is 1.91 bits per heavy atom. The lowest BCUT2D eigenvalue weighted by molar-refractivity contribution is -0.534. The van der Waals surface area contributed by atoms with Gasteiger partial charge in [-0.1, -0.05) is 114 Å². The van der Waals surface area contributed by atoms with E-state index in [1.54, 1.807) is 0 Å². The Hall–Kier alpha value is -0.740. The third kappa shape index (κ3) is 9.43. The third-order valence-electron chi connectivity index (χ3n) is 6.99. The van der Waals surface area contributed by atoms with Crippen LogP contribution in [0.5, 0.6) is 0 Å². The molecule has 0 saturated carbocycles. The molecule has 0 amide bonds. The molecule has 0 radical (unpaired) electrons. The van der Waals surface area contributed by atoms with E-state index in [2.05, 4.69) is 53.7 Å². The van der Waals surface area contributed by atoms with Crippen LogP contribution in [0.25, 0.3) is 5.70 Å². The minimum atomic E-state index is 0. The predicted octanol–water partition coefficient (Wildman–Crippen LogP) is 5.68. The molecular weight excluding hydrogens is 488 g/mol. The van der Waals surface area contributed by atoms with Gasteiger partial charge in [-0.15, -0.1) is 0 Å². The monoisotopic (exact) mass is 534 g/mol. The maximum atomic E-state index is 2.66. The summed E-state index contributed by atoms with van der Waals surface area (Å²) in [6, 6.07) is 11.0. The molecule has 1 aromatic carbocycles. The fourth-order valence-electron chi connectivity index (χ4n) is 5.14. The molecule has 4 heteroatoms. The first-order valence-corrected chi connectivity index (χ1v) is 14.5. The van der Waals surface area contributed by atoms with E-state index < -0.39 is 0 Å². The second kappa shape index (κ2) is 16.8. The summed E-state index contributed by atoms with van der Waals surface area (Å²) in [6.07, 6.45) is 21.3. The average molecular weight is 536 g/mol. The van der Waals surface area contributed by atoms with Gasteiger partial charge in [0, 0.05) is 16.9 Å². The van der Waals surface area contributed by atoms with Gasteiger partial charge in [-0.25, -0.2) is 4.90 Å². The van der Waals surface area contributed by atoms with Gasteiger partial charge in [0.2, 0.25) is 0 Å². The van der Waals surface area contributed by atoms with Crippen LogP contribution in [0.3, 0.4) is 0 Å². The van der Waals surface area contributed by atoms with E-state index in [9.17, 15) is 0 Å². The Bertz CT molecular complexity index is 728. The maximum Gasteiger partial charge on any atom is 0.318 e. The van der Waals surface area contributed by atoms with Crippen molar-refractivity contribution in [2.24, 2.45) is 0 Å². The molecule has 0 aromatic heterocycles. The topological polar surface area (TPSA) is 6.25 Å². The quantitative estimate of drug-likeness (QED) is 0.198. The number of hydrogen-bond donors (Lipinski definition) is 0. The molecule has 2 aliphatic heterocycles. The molecule has 3 rings (SSSR count). The van der Waals surface area contributed by atoms with Crippen LogP contribution in [0.4, 0.5) is 0 Å². The minimum absolute atomic E-state index is 0. The highest BCUT2D eigenvalue weighted by atomic mass is 79.9. The largest absolute Gasteiger partial charge is 1.00 e. The Balaban J connectivity index is 0.00000385. The van der Waals surface area contributed by atoms with Crippen LogP contribution in [-0.4, -0.2) is 34.3 Å². The number of nitrogens with zero attached hydrogens (tertiary/aromatic N) is 2. The van der Waals surface area contributed by atoms with E-state index in [-0.39, 0.29) is 17.0 Å². The number of hydrogen-bond acceptors (Lipinski definition) is 2. The normalized spacial score (nSPS) is 15.8. The molecule has 2 nitrogen and oxygen atoms in total. The summed E-state index contributed by atoms with van der Waals surface area (Å²) in [5.41, 5.74) is 2.81. The molecule has 0 aliphatic carbocycles. The number of amidine groups is 1. The van der Waals surface area contributed by atoms with Crippen molar-refractivity contribution in [3.05, 3.63) is 40.8 Å². The lowest BCUT2D eigenvalue weighted by Crippen LogP contribution is -3.00. The summed E-state index contributed by atoms with van der Waals surface area (Å²) in [5.74, 6) is 0. The first-order chi connectivity index (χ1) is 15.8. The second-order valence-corrected chi connectivity index (χ2v) is 10.9. The van der Waals surface area contributed by atoms with E-state index in [1.807, 2.05) is 11.8 Å². The van der Waals surface area contributed by atoms with Crippen LogP contribution in [0.1, 0.15) is 116 Å². The van der Waals surface area contributed by atoms with Gasteiger partial charge >= 0.3 is 5.17 Å². The highest BCUT2D eigenvalue weighted by molar-refractivity contribution is 8.17. The van der Waals surface area contributed by atoms with E-state index >= 15 is 0 Å². The predicted molar refractivity (Wildman–Crippen MR) is 143 cm³/mol. The number of rotatable bonds is 16. The number of fused-ring (bicyclic) bond motifs is 1. The van der Waals surface area contributed by atoms with Gasteiger partial charge in [0.05, 0.1) is 19.6 Å². The summed E-state index contributed by atoms with van der Waals surface area (Å²) in [5, 5.41) is 1.49. The van der Waals surface area contributed by atoms with E-state index in [1.165, 1.54) is 137 Å².